The Kier molecular flexibility index (Phi) is 6.40. The third-order valence-electron chi connectivity index (χ3n) is 3.50. The molecule has 1 atom stereocenters. The maximum Gasteiger partial charge on any atom is 0.170 e. The first kappa shape index (κ1) is 17.0. The van der Waals surface area contributed by atoms with E-state index in [4.69, 9.17) is 12.2 Å². The predicted octanol–water partition coefficient (Wildman–Crippen LogP) is 5.07. The summed E-state index contributed by atoms with van der Waals surface area (Å²) < 4.78 is 1.10. The van der Waals surface area contributed by atoms with Crippen LogP contribution in [0.15, 0.2) is 53.0 Å². The molecule has 0 bridgehead atoms. The highest BCUT2D eigenvalue weighted by atomic mass is 79.9. The fraction of sp³-hybridized carbons (Fsp3) is 0.278. The Bertz CT molecular complexity index is 628. The zero-order valence-corrected chi connectivity index (χ0v) is 15.3. The van der Waals surface area contributed by atoms with E-state index in [2.05, 4.69) is 70.7 Å². The minimum Gasteiger partial charge on any atom is -0.360 e. The fourth-order valence-electron chi connectivity index (χ4n) is 2.21. The van der Waals surface area contributed by atoms with E-state index >= 15 is 0 Å². The number of halogens is 1. The van der Waals surface area contributed by atoms with Crippen LogP contribution in [0.1, 0.15) is 24.5 Å². The number of aryl methyl sites for hydroxylation is 2. The summed E-state index contributed by atoms with van der Waals surface area (Å²) in [5.74, 6) is 0. The third kappa shape index (κ3) is 5.43. The van der Waals surface area contributed by atoms with Crippen molar-refractivity contribution in [2.24, 2.45) is 0 Å². The van der Waals surface area contributed by atoms with Gasteiger partial charge in [0, 0.05) is 16.2 Å². The van der Waals surface area contributed by atoms with Gasteiger partial charge < -0.3 is 10.6 Å². The number of hydrogen-bond acceptors (Lipinski definition) is 1. The second-order valence-electron chi connectivity index (χ2n) is 5.49. The van der Waals surface area contributed by atoms with Crippen molar-refractivity contribution in [3.63, 3.8) is 0 Å². The van der Waals surface area contributed by atoms with Gasteiger partial charge in [-0.05, 0) is 68.2 Å². The zero-order valence-electron chi connectivity index (χ0n) is 12.9. The predicted molar refractivity (Wildman–Crippen MR) is 102 cm³/mol. The summed E-state index contributed by atoms with van der Waals surface area (Å²) in [7, 11) is 0. The maximum atomic E-state index is 5.39. The molecular formula is C18H21BrN2S. The maximum absolute atomic E-state index is 5.39. The summed E-state index contributed by atoms with van der Waals surface area (Å²) in [4.78, 5) is 0. The first-order valence-electron chi connectivity index (χ1n) is 7.42. The van der Waals surface area contributed by atoms with E-state index in [0.717, 1.165) is 23.0 Å². The van der Waals surface area contributed by atoms with Crippen LogP contribution in [-0.4, -0.2) is 11.2 Å². The van der Waals surface area contributed by atoms with Crippen LogP contribution in [0.3, 0.4) is 0 Å². The second kappa shape index (κ2) is 8.30. The summed E-state index contributed by atoms with van der Waals surface area (Å²) in [6.07, 6.45) is 2.10. The van der Waals surface area contributed by atoms with Crippen molar-refractivity contribution in [3.05, 3.63) is 64.1 Å². The molecule has 0 aliphatic heterocycles. The van der Waals surface area contributed by atoms with Crippen molar-refractivity contribution in [2.45, 2.75) is 32.7 Å². The summed E-state index contributed by atoms with van der Waals surface area (Å²) >= 11 is 8.89. The molecule has 2 aromatic carbocycles. The molecule has 0 aromatic heterocycles. The Labute approximate surface area is 146 Å². The van der Waals surface area contributed by atoms with Gasteiger partial charge in [-0.3, -0.25) is 0 Å². The molecule has 0 spiro atoms. The summed E-state index contributed by atoms with van der Waals surface area (Å²) in [5, 5.41) is 7.25. The van der Waals surface area contributed by atoms with Crippen LogP contribution in [0.5, 0.6) is 0 Å². The molecule has 2 nitrogen and oxygen atoms in total. The molecule has 0 aliphatic rings. The van der Waals surface area contributed by atoms with Gasteiger partial charge in [0.15, 0.2) is 5.11 Å². The van der Waals surface area contributed by atoms with E-state index in [1.807, 2.05) is 18.2 Å². The Morgan fingerprint density at radius 1 is 1.18 bits per heavy atom. The van der Waals surface area contributed by atoms with Crippen LogP contribution >= 0.6 is 28.1 Å². The zero-order chi connectivity index (χ0) is 15.9. The Morgan fingerprint density at radius 3 is 2.59 bits per heavy atom. The van der Waals surface area contributed by atoms with Crippen molar-refractivity contribution >= 4 is 38.9 Å². The van der Waals surface area contributed by atoms with Crippen LogP contribution in [0.2, 0.25) is 0 Å². The molecule has 0 amide bonds. The van der Waals surface area contributed by atoms with Crippen molar-refractivity contribution in [1.82, 2.24) is 5.32 Å². The van der Waals surface area contributed by atoms with Gasteiger partial charge in [-0.1, -0.05) is 46.3 Å². The molecule has 4 heteroatoms. The summed E-state index contributed by atoms with van der Waals surface area (Å²) in [6, 6.07) is 17.0. The molecule has 0 radical (unpaired) electrons. The normalized spacial score (nSPS) is 11.8. The molecule has 116 valence electrons. The second-order valence-corrected chi connectivity index (χ2v) is 6.75. The van der Waals surface area contributed by atoms with Crippen LogP contribution < -0.4 is 10.6 Å². The molecule has 0 saturated heterocycles. The Morgan fingerprint density at radius 2 is 1.91 bits per heavy atom. The van der Waals surface area contributed by atoms with Crippen LogP contribution in [0.4, 0.5) is 5.69 Å². The van der Waals surface area contributed by atoms with Gasteiger partial charge in [0.25, 0.3) is 0 Å². The Hall–Kier alpha value is -1.39. The monoisotopic (exact) mass is 376 g/mol. The lowest BCUT2D eigenvalue weighted by atomic mass is 10.1. The van der Waals surface area contributed by atoms with E-state index in [1.54, 1.807) is 0 Å². The number of benzene rings is 2. The van der Waals surface area contributed by atoms with Gasteiger partial charge >= 0.3 is 0 Å². The SMILES string of the molecule is Cc1cc(NC(=S)N[C@H](C)CCc2ccccc2)ccc1Br. The molecular weight excluding hydrogens is 356 g/mol. The summed E-state index contributed by atoms with van der Waals surface area (Å²) in [5.41, 5.74) is 3.55. The van der Waals surface area contributed by atoms with E-state index in [-0.39, 0.29) is 0 Å². The van der Waals surface area contributed by atoms with Gasteiger partial charge in [0.2, 0.25) is 0 Å². The van der Waals surface area contributed by atoms with E-state index < -0.39 is 0 Å². The van der Waals surface area contributed by atoms with Crippen LogP contribution in [0.25, 0.3) is 0 Å². The lowest BCUT2D eigenvalue weighted by molar-refractivity contribution is 0.609. The molecule has 2 aromatic rings. The van der Waals surface area contributed by atoms with Crippen molar-refractivity contribution in [1.29, 1.82) is 0 Å². The molecule has 0 saturated carbocycles. The number of nitrogens with one attached hydrogen (secondary N) is 2. The standard InChI is InChI=1S/C18H21BrN2S/c1-13-12-16(10-11-17(13)19)21-18(22)20-14(2)8-9-15-6-4-3-5-7-15/h3-7,10-12,14H,8-9H2,1-2H3,(H2,20,21,22)/t14-/m1/s1. The summed E-state index contributed by atoms with van der Waals surface area (Å²) in [6.45, 7) is 4.22. The molecule has 0 fully saturated rings. The minimum absolute atomic E-state index is 0.330. The average molecular weight is 377 g/mol. The number of hydrogen-bond donors (Lipinski definition) is 2. The first-order valence-corrected chi connectivity index (χ1v) is 8.62. The molecule has 0 unspecified atom stereocenters. The third-order valence-corrected chi connectivity index (χ3v) is 4.61. The van der Waals surface area contributed by atoms with E-state index in [0.29, 0.717) is 11.2 Å². The first-order chi connectivity index (χ1) is 10.5. The largest absolute Gasteiger partial charge is 0.360 e. The molecule has 0 aliphatic carbocycles. The van der Waals surface area contributed by atoms with Crippen LogP contribution in [-0.2, 0) is 6.42 Å². The van der Waals surface area contributed by atoms with Crippen molar-refractivity contribution in [2.75, 3.05) is 5.32 Å². The van der Waals surface area contributed by atoms with Gasteiger partial charge in [-0.15, -0.1) is 0 Å². The Balaban J connectivity index is 1.79. The van der Waals surface area contributed by atoms with Crippen LogP contribution in [0, 0.1) is 6.92 Å². The van der Waals surface area contributed by atoms with Gasteiger partial charge in [-0.2, -0.15) is 0 Å². The van der Waals surface area contributed by atoms with E-state index in [1.165, 1.54) is 11.1 Å². The number of thiocarbonyl (C=S) groups is 1. The minimum atomic E-state index is 0.330. The highest BCUT2D eigenvalue weighted by Gasteiger charge is 2.05. The lowest BCUT2D eigenvalue weighted by Gasteiger charge is -2.17. The van der Waals surface area contributed by atoms with Crippen molar-refractivity contribution in [3.8, 4) is 0 Å². The quantitative estimate of drug-likeness (QED) is 0.712. The molecule has 0 heterocycles. The van der Waals surface area contributed by atoms with Gasteiger partial charge in [0.05, 0.1) is 0 Å². The fourth-order valence-corrected chi connectivity index (χ4v) is 2.78. The average Bonchev–Trinajstić information content (AvgIpc) is 2.50. The number of rotatable bonds is 5. The number of anilines is 1. The van der Waals surface area contributed by atoms with E-state index in [9.17, 15) is 0 Å². The van der Waals surface area contributed by atoms with Crippen molar-refractivity contribution < 1.29 is 0 Å². The topological polar surface area (TPSA) is 24.1 Å². The highest BCUT2D eigenvalue weighted by Crippen LogP contribution is 2.19. The lowest BCUT2D eigenvalue weighted by Crippen LogP contribution is -2.36. The van der Waals surface area contributed by atoms with Gasteiger partial charge in [0.1, 0.15) is 0 Å². The molecule has 2 rings (SSSR count). The highest BCUT2D eigenvalue weighted by molar-refractivity contribution is 9.10. The smallest absolute Gasteiger partial charge is 0.170 e. The van der Waals surface area contributed by atoms with Gasteiger partial charge in [-0.25, -0.2) is 0 Å². The molecule has 2 N–H and O–H groups in total. The molecule has 22 heavy (non-hydrogen) atoms.